The summed E-state index contributed by atoms with van der Waals surface area (Å²) in [5.41, 5.74) is 0.424. The van der Waals surface area contributed by atoms with Gasteiger partial charge in [-0.25, -0.2) is 0 Å². The van der Waals surface area contributed by atoms with E-state index in [-0.39, 0.29) is 19.1 Å². The molecule has 5 nitrogen and oxygen atoms in total. The Morgan fingerprint density at radius 2 is 2.10 bits per heavy atom. The Morgan fingerprint density at radius 3 is 2.75 bits per heavy atom. The van der Waals surface area contributed by atoms with E-state index >= 15 is 0 Å². The largest absolute Gasteiger partial charge is 0.484 e. The monoisotopic (exact) mass is 279 g/mol. The first-order valence-electron chi connectivity index (χ1n) is 6.83. The lowest BCUT2D eigenvalue weighted by Gasteiger charge is -2.36. The normalized spacial score (nSPS) is 17.5. The molecule has 1 aromatic rings. The predicted octanol–water partition coefficient (Wildman–Crippen LogP) is 1.03. The SMILES string of the molecule is Cc1ccccc1OCC(=O)NC1(CO)CCOCC1. The van der Waals surface area contributed by atoms with Gasteiger partial charge in [0.1, 0.15) is 5.75 Å². The van der Waals surface area contributed by atoms with E-state index in [0.29, 0.717) is 31.8 Å². The highest BCUT2D eigenvalue weighted by atomic mass is 16.5. The number of aryl methyl sites for hydroxylation is 1. The summed E-state index contributed by atoms with van der Waals surface area (Å²) >= 11 is 0. The number of nitrogens with one attached hydrogen (secondary N) is 1. The summed E-state index contributed by atoms with van der Waals surface area (Å²) < 4.78 is 10.8. The molecule has 0 aliphatic carbocycles. The molecule has 2 rings (SSSR count). The van der Waals surface area contributed by atoms with Gasteiger partial charge in [-0.15, -0.1) is 0 Å². The highest BCUT2D eigenvalue weighted by Gasteiger charge is 2.33. The summed E-state index contributed by atoms with van der Waals surface area (Å²) in [5.74, 6) is 0.483. The van der Waals surface area contributed by atoms with Gasteiger partial charge in [-0.3, -0.25) is 4.79 Å². The molecule has 0 saturated carbocycles. The number of aliphatic hydroxyl groups is 1. The van der Waals surface area contributed by atoms with Crippen molar-refractivity contribution < 1.29 is 19.4 Å². The summed E-state index contributed by atoms with van der Waals surface area (Å²) in [6.45, 7) is 2.92. The number of amides is 1. The zero-order valence-corrected chi connectivity index (χ0v) is 11.7. The van der Waals surface area contributed by atoms with Crippen molar-refractivity contribution in [3.05, 3.63) is 29.8 Å². The molecule has 1 aromatic carbocycles. The van der Waals surface area contributed by atoms with Gasteiger partial charge in [-0.2, -0.15) is 0 Å². The van der Waals surface area contributed by atoms with E-state index in [0.717, 1.165) is 5.56 Å². The zero-order chi connectivity index (χ0) is 14.4. The highest BCUT2D eigenvalue weighted by molar-refractivity contribution is 5.78. The number of para-hydroxylation sites is 1. The molecule has 5 heteroatoms. The van der Waals surface area contributed by atoms with Gasteiger partial charge < -0.3 is 19.9 Å². The maximum atomic E-state index is 12.0. The highest BCUT2D eigenvalue weighted by Crippen LogP contribution is 2.20. The minimum absolute atomic E-state index is 0.0482. The van der Waals surface area contributed by atoms with E-state index in [4.69, 9.17) is 9.47 Å². The van der Waals surface area contributed by atoms with Gasteiger partial charge in [0, 0.05) is 13.2 Å². The van der Waals surface area contributed by atoms with E-state index in [1.165, 1.54) is 0 Å². The van der Waals surface area contributed by atoms with Crippen LogP contribution in [-0.2, 0) is 9.53 Å². The molecule has 1 aliphatic heterocycles. The second-order valence-corrected chi connectivity index (χ2v) is 5.15. The lowest BCUT2D eigenvalue weighted by Crippen LogP contribution is -2.55. The van der Waals surface area contributed by atoms with Crippen LogP contribution in [0.5, 0.6) is 5.75 Å². The van der Waals surface area contributed by atoms with Crippen molar-refractivity contribution in [2.24, 2.45) is 0 Å². The maximum absolute atomic E-state index is 12.0. The average Bonchev–Trinajstić information content (AvgIpc) is 2.47. The van der Waals surface area contributed by atoms with Gasteiger partial charge in [0.25, 0.3) is 5.91 Å². The molecular formula is C15H21NO4. The smallest absolute Gasteiger partial charge is 0.258 e. The van der Waals surface area contributed by atoms with E-state index < -0.39 is 5.54 Å². The Morgan fingerprint density at radius 1 is 1.40 bits per heavy atom. The Labute approximate surface area is 118 Å². The van der Waals surface area contributed by atoms with Gasteiger partial charge in [0.15, 0.2) is 6.61 Å². The molecular weight excluding hydrogens is 258 g/mol. The Hall–Kier alpha value is -1.59. The van der Waals surface area contributed by atoms with E-state index in [2.05, 4.69) is 5.32 Å². The third-order valence-electron chi connectivity index (χ3n) is 3.61. The molecule has 1 aliphatic rings. The van der Waals surface area contributed by atoms with Crippen LogP contribution in [0.3, 0.4) is 0 Å². The lowest BCUT2D eigenvalue weighted by atomic mass is 9.91. The second-order valence-electron chi connectivity index (χ2n) is 5.15. The number of benzene rings is 1. The first kappa shape index (κ1) is 14.8. The number of ether oxygens (including phenoxy) is 2. The van der Waals surface area contributed by atoms with Crippen LogP contribution in [0.4, 0.5) is 0 Å². The van der Waals surface area contributed by atoms with Gasteiger partial charge in [-0.1, -0.05) is 18.2 Å². The Balaban J connectivity index is 1.87. The number of hydrogen-bond acceptors (Lipinski definition) is 4. The summed E-state index contributed by atoms with van der Waals surface area (Å²) in [7, 11) is 0. The average molecular weight is 279 g/mol. The predicted molar refractivity (Wildman–Crippen MR) is 74.7 cm³/mol. The van der Waals surface area contributed by atoms with Crippen molar-refractivity contribution in [1.82, 2.24) is 5.32 Å². The summed E-state index contributed by atoms with van der Waals surface area (Å²) in [6, 6.07) is 7.55. The van der Waals surface area contributed by atoms with Gasteiger partial charge in [0.2, 0.25) is 0 Å². The van der Waals surface area contributed by atoms with E-state index in [1.807, 2.05) is 31.2 Å². The molecule has 1 saturated heterocycles. The Bertz CT molecular complexity index is 455. The summed E-state index contributed by atoms with van der Waals surface area (Å²) in [6.07, 6.45) is 1.25. The fourth-order valence-corrected chi connectivity index (χ4v) is 2.28. The standard InChI is InChI=1S/C15H21NO4/c1-12-4-2-3-5-13(12)20-10-14(18)16-15(11-17)6-8-19-9-7-15/h2-5,17H,6-11H2,1H3,(H,16,18). The molecule has 20 heavy (non-hydrogen) atoms. The molecule has 0 radical (unpaired) electrons. The number of aliphatic hydroxyl groups excluding tert-OH is 1. The molecule has 0 aromatic heterocycles. The van der Waals surface area contributed by atoms with E-state index in [9.17, 15) is 9.90 Å². The van der Waals surface area contributed by atoms with Crippen LogP contribution in [0, 0.1) is 6.92 Å². The summed E-state index contributed by atoms with van der Waals surface area (Å²) in [4.78, 5) is 12.0. The molecule has 0 unspecified atom stereocenters. The minimum Gasteiger partial charge on any atom is -0.484 e. The van der Waals surface area contributed by atoms with Crippen LogP contribution in [-0.4, -0.2) is 43.0 Å². The van der Waals surface area contributed by atoms with E-state index in [1.54, 1.807) is 0 Å². The molecule has 0 bridgehead atoms. The number of carbonyl (C=O) groups excluding carboxylic acids is 1. The van der Waals surface area contributed by atoms with Crippen LogP contribution >= 0.6 is 0 Å². The molecule has 2 N–H and O–H groups in total. The third-order valence-corrected chi connectivity index (χ3v) is 3.61. The number of carbonyl (C=O) groups is 1. The van der Waals surface area contributed by atoms with Crippen molar-refractivity contribution >= 4 is 5.91 Å². The fraction of sp³-hybridized carbons (Fsp3) is 0.533. The molecule has 110 valence electrons. The fourth-order valence-electron chi connectivity index (χ4n) is 2.28. The molecule has 0 spiro atoms. The van der Waals surface area contributed by atoms with Crippen LogP contribution in [0.2, 0.25) is 0 Å². The Kier molecular flexibility index (Phi) is 4.98. The maximum Gasteiger partial charge on any atom is 0.258 e. The minimum atomic E-state index is -0.565. The van der Waals surface area contributed by atoms with Crippen molar-refractivity contribution in [2.75, 3.05) is 26.4 Å². The molecule has 0 atom stereocenters. The van der Waals surface area contributed by atoms with Crippen LogP contribution in [0.25, 0.3) is 0 Å². The first-order chi connectivity index (χ1) is 9.65. The van der Waals surface area contributed by atoms with Gasteiger partial charge in [-0.05, 0) is 31.4 Å². The number of hydrogen-bond donors (Lipinski definition) is 2. The molecule has 1 fully saturated rings. The van der Waals surface area contributed by atoms with Crippen molar-refractivity contribution in [1.29, 1.82) is 0 Å². The summed E-state index contributed by atoms with van der Waals surface area (Å²) in [5, 5.41) is 12.4. The van der Waals surface area contributed by atoms with Crippen molar-refractivity contribution in [2.45, 2.75) is 25.3 Å². The second kappa shape index (κ2) is 6.72. The molecule has 1 heterocycles. The van der Waals surface area contributed by atoms with Gasteiger partial charge in [0.05, 0.1) is 12.1 Å². The number of rotatable bonds is 5. The van der Waals surface area contributed by atoms with Crippen molar-refractivity contribution in [3.63, 3.8) is 0 Å². The van der Waals surface area contributed by atoms with Crippen LogP contribution in [0.15, 0.2) is 24.3 Å². The molecule has 1 amide bonds. The van der Waals surface area contributed by atoms with Crippen LogP contribution in [0.1, 0.15) is 18.4 Å². The van der Waals surface area contributed by atoms with Crippen LogP contribution < -0.4 is 10.1 Å². The van der Waals surface area contributed by atoms with Crippen molar-refractivity contribution in [3.8, 4) is 5.75 Å². The first-order valence-corrected chi connectivity index (χ1v) is 6.83. The van der Waals surface area contributed by atoms with Gasteiger partial charge >= 0.3 is 0 Å². The quantitative estimate of drug-likeness (QED) is 0.845. The third kappa shape index (κ3) is 3.71. The zero-order valence-electron chi connectivity index (χ0n) is 11.7. The lowest BCUT2D eigenvalue weighted by molar-refractivity contribution is -0.127. The topological polar surface area (TPSA) is 67.8 Å².